The molecule has 1 aromatic heterocycles. The Morgan fingerprint density at radius 2 is 2.28 bits per heavy atom. The average Bonchev–Trinajstić information content (AvgIpc) is 2.94. The van der Waals surface area contributed by atoms with Gasteiger partial charge in [0.1, 0.15) is 0 Å². The van der Waals surface area contributed by atoms with Crippen LogP contribution in [0.1, 0.15) is 19.3 Å². The first-order chi connectivity index (χ1) is 8.75. The van der Waals surface area contributed by atoms with Crippen LogP contribution in [0.3, 0.4) is 0 Å². The van der Waals surface area contributed by atoms with Crippen LogP contribution in [-0.4, -0.2) is 28.6 Å². The molecule has 4 heteroatoms. The second-order valence-corrected chi connectivity index (χ2v) is 4.81. The third kappa shape index (κ3) is 1.83. The van der Waals surface area contributed by atoms with Crippen molar-refractivity contribution in [1.82, 2.24) is 4.98 Å². The molecule has 1 aliphatic rings. The monoisotopic (exact) mass is 244 g/mol. The number of aliphatic carboxylic acids is 1. The van der Waals surface area contributed by atoms with E-state index >= 15 is 0 Å². The maximum atomic E-state index is 10.9. The number of nitrogens with one attached hydrogen (secondary N) is 1. The maximum absolute atomic E-state index is 10.9. The molecule has 2 heterocycles. The number of para-hydroxylation sites is 1. The molecule has 1 fully saturated rings. The number of hydrogen-bond acceptors (Lipinski definition) is 2. The van der Waals surface area contributed by atoms with Crippen molar-refractivity contribution < 1.29 is 9.90 Å². The molecule has 0 bridgehead atoms. The number of hydrogen-bond donors (Lipinski definition) is 2. The summed E-state index contributed by atoms with van der Waals surface area (Å²) in [6.07, 6.45) is 4.24. The van der Waals surface area contributed by atoms with E-state index in [4.69, 9.17) is 5.11 Å². The summed E-state index contributed by atoms with van der Waals surface area (Å²) in [6, 6.07) is 8.27. The van der Waals surface area contributed by atoms with Crippen molar-refractivity contribution in [2.75, 3.05) is 11.4 Å². The molecule has 2 aromatic rings. The SMILES string of the molecule is O=C(O)CC1CCCN1c1c[nH]c2ccccc12. The molecule has 1 aliphatic heterocycles. The minimum Gasteiger partial charge on any atom is -0.481 e. The van der Waals surface area contributed by atoms with Crippen molar-refractivity contribution in [2.24, 2.45) is 0 Å². The van der Waals surface area contributed by atoms with Crippen LogP contribution in [0.5, 0.6) is 0 Å². The van der Waals surface area contributed by atoms with Crippen LogP contribution in [0.25, 0.3) is 10.9 Å². The van der Waals surface area contributed by atoms with E-state index in [2.05, 4.69) is 16.0 Å². The van der Waals surface area contributed by atoms with E-state index in [1.807, 2.05) is 24.4 Å². The van der Waals surface area contributed by atoms with Gasteiger partial charge in [0.25, 0.3) is 0 Å². The van der Waals surface area contributed by atoms with Crippen LogP contribution in [0.2, 0.25) is 0 Å². The molecule has 0 saturated carbocycles. The number of carboxylic acid groups (broad SMARTS) is 1. The lowest BCUT2D eigenvalue weighted by atomic mass is 10.1. The Balaban J connectivity index is 1.96. The highest BCUT2D eigenvalue weighted by Gasteiger charge is 2.28. The molecular formula is C14H16N2O2. The van der Waals surface area contributed by atoms with Crippen molar-refractivity contribution in [3.8, 4) is 0 Å². The molecular weight excluding hydrogens is 228 g/mol. The minimum atomic E-state index is -0.716. The van der Waals surface area contributed by atoms with Gasteiger partial charge in [0.05, 0.1) is 12.1 Å². The molecule has 18 heavy (non-hydrogen) atoms. The highest BCUT2D eigenvalue weighted by molar-refractivity contribution is 5.93. The summed E-state index contributed by atoms with van der Waals surface area (Å²) >= 11 is 0. The standard InChI is InChI=1S/C14H16N2O2/c17-14(18)8-10-4-3-7-16(10)13-9-15-12-6-2-1-5-11(12)13/h1-2,5-6,9-10,15H,3-4,7-8H2,(H,17,18). The number of aromatic nitrogens is 1. The molecule has 1 aromatic carbocycles. The molecule has 2 N–H and O–H groups in total. The third-order valence-electron chi connectivity index (χ3n) is 3.66. The molecule has 1 saturated heterocycles. The summed E-state index contributed by atoms with van der Waals surface area (Å²) in [4.78, 5) is 16.4. The largest absolute Gasteiger partial charge is 0.481 e. The summed E-state index contributed by atoms with van der Waals surface area (Å²) in [5, 5.41) is 10.1. The van der Waals surface area contributed by atoms with Gasteiger partial charge in [0, 0.05) is 29.7 Å². The number of carboxylic acids is 1. The number of aromatic amines is 1. The van der Waals surface area contributed by atoms with Crippen molar-refractivity contribution >= 4 is 22.6 Å². The van der Waals surface area contributed by atoms with Gasteiger partial charge in [-0.2, -0.15) is 0 Å². The lowest BCUT2D eigenvalue weighted by molar-refractivity contribution is -0.137. The molecule has 1 unspecified atom stereocenters. The first-order valence-corrected chi connectivity index (χ1v) is 6.30. The zero-order valence-corrected chi connectivity index (χ0v) is 10.1. The Morgan fingerprint density at radius 1 is 1.44 bits per heavy atom. The van der Waals surface area contributed by atoms with E-state index < -0.39 is 5.97 Å². The first-order valence-electron chi connectivity index (χ1n) is 6.30. The van der Waals surface area contributed by atoms with E-state index in [1.54, 1.807) is 0 Å². The van der Waals surface area contributed by atoms with Crippen molar-refractivity contribution in [1.29, 1.82) is 0 Å². The van der Waals surface area contributed by atoms with Gasteiger partial charge in [-0.25, -0.2) is 0 Å². The van der Waals surface area contributed by atoms with Crippen molar-refractivity contribution in [2.45, 2.75) is 25.3 Å². The van der Waals surface area contributed by atoms with E-state index in [9.17, 15) is 4.79 Å². The predicted molar refractivity (Wildman–Crippen MR) is 70.9 cm³/mol. The Labute approximate surface area is 105 Å². The number of nitrogens with zero attached hydrogens (tertiary/aromatic N) is 1. The first kappa shape index (κ1) is 11.1. The number of benzene rings is 1. The third-order valence-corrected chi connectivity index (χ3v) is 3.66. The maximum Gasteiger partial charge on any atom is 0.305 e. The van der Waals surface area contributed by atoms with E-state index in [-0.39, 0.29) is 12.5 Å². The summed E-state index contributed by atoms with van der Waals surface area (Å²) < 4.78 is 0. The highest BCUT2D eigenvalue weighted by atomic mass is 16.4. The van der Waals surface area contributed by atoms with Gasteiger partial charge in [-0.15, -0.1) is 0 Å². The number of anilines is 1. The number of fused-ring (bicyclic) bond motifs is 1. The summed E-state index contributed by atoms with van der Waals surface area (Å²) in [7, 11) is 0. The molecule has 3 rings (SSSR count). The molecule has 1 atom stereocenters. The van der Waals surface area contributed by atoms with Gasteiger partial charge in [0.15, 0.2) is 0 Å². The molecule has 94 valence electrons. The van der Waals surface area contributed by atoms with Gasteiger partial charge in [0.2, 0.25) is 0 Å². The molecule has 4 nitrogen and oxygen atoms in total. The Morgan fingerprint density at radius 3 is 3.11 bits per heavy atom. The van der Waals surface area contributed by atoms with E-state index in [0.717, 1.165) is 30.6 Å². The fourth-order valence-corrected chi connectivity index (χ4v) is 2.86. The Kier molecular flexibility index (Phi) is 2.70. The highest BCUT2D eigenvalue weighted by Crippen LogP contribution is 2.33. The normalized spacial score (nSPS) is 19.6. The zero-order chi connectivity index (χ0) is 12.5. The topological polar surface area (TPSA) is 56.3 Å². The van der Waals surface area contributed by atoms with E-state index in [0.29, 0.717) is 0 Å². The summed E-state index contributed by atoms with van der Waals surface area (Å²) in [6.45, 7) is 0.944. The second-order valence-electron chi connectivity index (χ2n) is 4.81. The predicted octanol–water partition coefficient (Wildman–Crippen LogP) is 2.61. The second kappa shape index (κ2) is 4.37. The zero-order valence-electron chi connectivity index (χ0n) is 10.1. The van der Waals surface area contributed by atoms with E-state index in [1.165, 1.54) is 5.39 Å². The molecule has 0 radical (unpaired) electrons. The van der Waals surface area contributed by atoms with Crippen molar-refractivity contribution in [3.05, 3.63) is 30.5 Å². The Hall–Kier alpha value is -1.97. The van der Waals surface area contributed by atoms with Crippen LogP contribution >= 0.6 is 0 Å². The van der Waals surface area contributed by atoms with Crippen molar-refractivity contribution in [3.63, 3.8) is 0 Å². The fraction of sp³-hybridized carbons (Fsp3) is 0.357. The van der Waals surface area contributed by atoms with Crippen LogP contribution < -0.4 is 4.90 Å². The van der Waals surface area contributed by atoms with Crippen LogP contribution in [0.4, 0.5) is 5.69 Å². The van der Waals surface area contributed by atoms with Gasteiger partial charge in [-0.05, 0) is 18.9 Å². The Bertz CT molecular complexity index is 576. The molecule has 0 amide bonds. The number of H-pyrrole nitrogens is 1. The van der Waals surface area contributed by atoms with Gasteiger partial charge in [-0.3, -0.25) is 4.79 Å². The quantitative estimate of drug-likeness (QED) is 0.872. The van der Waals surface area contributed by atoms with Gasteiger partial charge < -0.3 is 15.0 Å². The lowest BCUT2D eigenvalue weighted by Gasteiger charge is -2.24. The minimum absolute atomic E-state index is 0.127. The van der Waals surface area contributed by atoms with Crippen LogP contribution in [0, 0.1) is 0 Å². The fourth-order valence-electron chi connectivity index (χ4n) is 2.86. The molecule has 0 spiro atoms. The lowest BCUT2D eigenvalue weighted by Crippen LogP contribution is -2.30. The average molecular weight is 244 g/mol. The van der Waals surface area contributed by atoms with Crippen LogP contribution in [0.15, 0.2) is 30.5 Å². The smallest absolute Gasteiger partial charge is 0.305 e. The molecule has 0 aliphatic carbocycles. The van der Waals surface area contributed by atoms with Gasteiger partial charge in [-0.1, -0.05) is 18.2 Å². The van der Waals surface area contributed by atoms with Crippen LogP contribution in [-0.2, 0) is 4.79 Å². The number of carbonyl (C=O) groups is 1. The number of rotatable bonds is 3. The summed E-state index contributed by atoms with van der Waals surface area (Å²) in [5.41, 5.74) is 2.24. The van der Waals surface area contributed by atoms with Gasteiger partial charge >= 0.3 is 5.97 Å². The summed E-state index contributed by atoms with van der Waals surface area (Å²) in [5.74, 6) is -0.716.